The second-order valence-electron chi connectivity index (χ2n) is 5.74. The summed E-state index contributed by atoms with van der Waals surface area (Å²) in [6.45, 7) is 8.08. The van der Waals surface area contributed by atoms with Gasteiger partial charge in [0.05, 0.1) is 12.2 Å². The van der Waals surface area contributed by atoms with Gasteiger partial charge in [0.25, 0.3) is 0 Å². The van der Waals surface area contributed by atoms with Crippen LogP contribution in [0.5, 0.6) is 0 Å². The number of nitrogens with zero attached hydrogens (tertiary/aromatic N) is 3. The number of hydrogen-bond donors (Lipinski definition) is 1. The molecular weight excluding hydrogens is 268 g/mol. The van der Waals surface area contributed by atoms with Gasteiger partial charge in [-0.15, -0.1) is 16.9 Å². The van der Waals surface area contributed by atoms with Crippen LogP contribution in [0.25, 0.3) is 0 Å². The third-order valence-corrected chi connectivity index (χ3v) is 3.71. The fourth-order valence-electron chi connectivity index (χ4n) is 1.66. The van der Waals surface area contributed by atoms with Crippen molar-refractivity contribution in [1.82, 2.24) is 20.3 Å². The summed E-state index contributed by atoms with van der Waals surface area (Å²) in [7, 11) is 0. The predicted octanol–water partition coefficient (Wildman–Crippen LogP) is 2.96. The van der Waals surface area contributed by atoms with Crippen molar-refractivity contribution in [2.75, 3.05) is 5.75 Å². The van der Waals surface area contributed by atoms with Crippen LogP contribution in [0.2, 0.25) is 0 Å². The highest BCUT2D eigenvalue weighted by molar-refractivity contribution is 7.99. The SMILES string of the molecule is CC(C)(C)NCc1cn(CCSc2ccccc2)nn1. The van der Waals surface area contributed by atoms with Gasteiger partial charge in [-0.1, -0.05) is 23.4 Å². The maximum absolute atomic E-state index is 4.19. The van der Waals surface area contributed by atoms with E-state index in [0.29, 0.717) is 0 Å². The Hall–Kier alpha value is -1.33. The Morgan fingerprint density at radius 1 is 1.20 bits per heavy atom. The number of aryl methyl sites for hydroxylation is 1. The molecule has 0 radical (unpaired) electrons. The van der Waals surface area contributed by atoms with Crippen LogP contribution in [-0.2, 0) is 13.1 Å². The molecule has 108 valence electrons. The van der Waals surface area contributed by atoms with Gasteiger partial charge in [0, 0.05) is 28.9 Å². The Morgan fingerprint density at radius 3 is 2.65 bits per heavy atom. The van der Waals surface area contributed by atoms with E-state index in [0.717, 1.165) is 24.5 Å². The molecule has 0 spiro atoms. The molecule has 1 aromatic carbocycles. The molecule has 20 heavy (non-hydrogen) atoms. The molecule has 0 aliphatic heterocycles. The summed E-state index contributed by atoms with van der Waals surface area (Å²) in [6, 6.07) is 10.4. The summed E-state index contributed by atoms with van der Waals surface area (Å²) in [6.07, 6.45) is 2.02. The lowest BCUT2D eigenvalue weighted by molar-refractivity contribution is 0.421. The lowest BCUT2D eigenvalue weighted by Gasteiger charge is -2.19. The summed E-state index contributed by atoms with van der Waals surface area (Å²) in [5.74, 6) is 1.000. The molecule has 0 fully saturated rings. The molecule has 4 nitrogen and oxygen atoms in total. The van der Waals surface area contributed by atoms with Crippen LogP contribution in [0.1, 0.15) is 26.5 Å². The fourth-order valence-corrected chi connectivity index (χ4v) is 2.52. The molecule has 0 saturated heterocycles. The van der Waals surface area contributed by atoms with E-state index in [9.17, 15) is 0 Å². The van der Waals surface area contributed by atoms with E-state index in [-0.39, 0.29) is 5.54 Å². The highest BCUT2D eigenvalue weighted by Crippen LogP contribution is 2.16. The zero-order valence-corrected chi connectivity index (χ0v) is 13.2. The van der Waals surface area contributed by atoms with Gasteiger partial charge in [0.1, 0.15) is 0 Å². The van der Waals surface area contributed by atoms with Crippen molar-refractivity contribution in [3.05, 3.63) is 42.2 Å². The molecule has 0 atom stereocenters. The average Bonchev–Trinajstić information content (AvgIpc) is 2.85. The quantitative estimate of drug-likeness (QED) is 0.831. The Bertz CT molecular complexity index is 516. The smallest absolute Gasteiger partial charge is 0.0965 e. The van der Waals surface area contributed by atoms with Gasteiger partial charge in [0.2, 0.25) is 0 Å². The molecule has 1 heterocycles. The zero-order chi connectivity index (χ0) is 14.4. The summed E-state index contributed by atoms with van der Waals surface area (Å²) < 4.78 is 1.91. The molecule has 0 amide bonds. The van der Waals surface area contributed by atoms with E-state index in [1.807, 2.05) is 28.7 Å². The number of nitrogens with one attached hydrogen (secondary N) is 1. The van der Waals surface area contributed by atoms with Crippen molar-refractivity contribution in [1.29, 1.82) is 0 Å². The van der Waals surface area contributed by atoms with Crippen LogP contribution in [0.15, 0.2) is 41.4 Å². The standard InChI is InChI=1S/C15H22N4S/c1-15(2,3)16-11-13-12-19(18-17-13)9-10-20-14-7-5-4-6-8-14/h4-8,12,16H,9-11H2,1-3H3. The highest BCUT2D eigenvalue weighted by Gasteiger charge is 2.09. The van der Waals surface area contributed by atoms with E-state index in [1.165, 1.54) is 4.90 Å². The topological polar surface area (TPSA) is 42.7 Å². The maximum Gasteiger partial charge on any atom is 0.0965 e. The molecule has 0 aliphatic carbocycles. The molecule has 0 saturated carbocycles. The molecule has 2 rings (SSSR count). The first-order valence-corrected chi connectivity index (χ1v) is 7.83. The molecule has 0 unspecified atom stereocenters. The molecule has 5 heteroatoms. The first kappa shape index (κ1) is 15.1. The molecule has 2 aromatic rings. The first-order chi connectivity index (χ1) is 9.53. The molecular formula is C15H22N4S. The van der Waals surface area contributed by atoms with E-state index < -0.39 is 0 Å². The molecule has 0 bridgehead atoms. The zero-order valence-electron chi connectivity index (χ0n) is 12.3. The minimum Gasteiger partial charge on any atom is -0.306 e. The molecule has 1 N–H and O–H groups in total. The number of rotatable bonds is 6. The van der Waals surface area contributed by atoms with Gasteiger partial charge < -0.3 is 5.32 Å². The third-order valence-electron chi connectivity index (χ3n) is 2.72. The van der Waals surface area contributed by atoms with Gasteiger partial charge in [-0.2, -0.15) is 0 Å². The van der Waals surface area contributed by atoms with Gasteiger partial charge >= 0.3 is 0 Å². The Morgan fingerprint density at radius 2 is 1.95 bits per heavy atom. The summed E-state index contributed by atoms with van der Waals surface area (Å²) in [5, 5.41) is 11.8. The normalized spacial score (nSPS) is 11.8. The molecule has 1 aromatic heterocycles. The Labute approximate surface area is 125 Å². The lowest BCUT2D eigenvalue weighted by Crippen LogP contribution is -2.35. The second kappa shape index (κ2) is 6.90. The van der Waals surface area contributed by atoms with Crippen LogP contribution in [0, 0.1) is 0 Å². The van der Waals surface area contributed by atoms with Crippen LogP contribution in [-0.4, -0.2) is 26.3 Å². The average molecular weight is 290 g/mol. The minimum atomic E-state index is 0.104. The molecule has 0 aliphatic rings. The third kappa shape index (κ3) is 5.35. The van der Waals surface area contributed by atoms with Gasteiger partial charge in [-0.3, -0.25) is 4.68 Å². The number of benzene rings is 1. The maximum atomic E-state index is 4.19. The number of thioether (sulfide) groups is 1. The lowest BCUT2D eigenvalue weighted by atomic mass is 10.1. The first-order valence-electron chi connectivity index (χ1n) is 6.85. The Kier molecular flexibility index (Phi) is 5.20. The monoisotopic (exact) mass is 290 g/mol. The highest BCUT2D eigenvalue weighted by atomic mass is 32.2. The van der Waals surface area contributed by atoms with Crippen molar-refractivity contribution >= 4 is 11.8 Å². The van der Waals surface area contributed by atoms with E-state index in [1.54, 1.807) is 0 Å². The van der Waals surface area contributed by atoms with Crippen molar-refractivity contribution in [2.24, 2.45) is 0 Å². The van der Waals surface area contributed by atoms with Crippen LogP contribution in [0.3, 0.4) is 0 Å². The summed E-state index contributed by atoms with van der Waals surface area (Å²) in [5.41, 5.74) is 1.09. The number of hydrogen-bond acceptors (Lipinski definition) is 4. The van der Waals surface area contributed by atoms with Crippen molar-refractivity contribution < 1.29 is 0 Å². The number of aromatic nitrogens is 3. The van der Waals surface area contributed by atoms with Crippen molar-refractivity contribution in [2.45, 2.75) is 44.3 Å². The largest absolute Gasteiger partial charge is 0.306 e. The summed E-state index contributed by atoms with van der Waals surface area (Å²) in [4.78, 5) is 1.29. The van der Waals surface area contributed by atoms with Gasteiger partial charge in [0.15, 0.2) is 0 Å². The summed E-state index contributed by atoms with van der Waals surface area (Å²) >= 11 is 1.84. The van der Waals surface area contributed by atoms with E-state index in [4.69, 9.17) is 0 Å². The van der Waals surface area contributed by atoms with Gasteiger partial charge in [-0.25, -0.2) is 0 Å². The van der Waals surface area contributed by atoms with Crippen LogP contribution >= 0.6 is 11.8 Å². The van der Waals surface area contributed by atoms with Crippen molar-refractivity contribution in [3.8, 4) is 0 Å². The van der Waals surface area contributed by atoms with Gasteiger partial charge in [-0.05, 0) is 32.9 Å². The Balaban J connectivity index is 1.75. The van der Waals surface area contributed by atoms with Crippen LogP contribution in [0.4, 0.5) is 0 Å². The van der Waals surface area contributed by atoms with E-state index in [2.05, 4.69) is 60.7 Å². The fraction of sp³-hybridized carbons (Fsp3) is 0.467. The predicted molar refractivity (Wildman–Crippen MR) is 83.8 cm³/mol. The van der Waals surface area contributed by atoms with Crippen LogP contribution < -0.4 is 5.32 Å². The van der Waals surface area contributed by atoms with E-state index >= 15 is 0 Å². The second-order valence-corrected chi connectivity index (χ2v) is 6.91. The van der Waals surface area contributed by atoms with Crippen molar-refractivity contribution in [3.63, 3.8) is 0 Å². The minimum absolute atomic E-state index is 0.104.